The average molecular weight is 462 g/mol. The van der Waals surface area contributed by atoms with E-state index in [0.29, 0.717) is 45.1 Å². The zero-order valence-electron chi connectivity index (χ0n) is 18.3. The highest BCUT2D eigenvalue weighted by molar-refractivity contribution is 7.20. The fourth-order valence-corrected chi connectivity index (χ4v) is 4.45. The Morgan fingerprint density at radius 3 is 2.52 bits per heavy atom. The van der Waals surface area contributed by atoms with Crippen LogP contribution in [0.5, 0.6) is 0 Å². The van der Waals surface area contributed by atoms with Gasteiger partial charge in [0.2, 0.25) is 0 Å². The average Bonchev–Trinajstić information content (AvgIpc) is 3.17. The molecule has 2 aromatic carbocycles. The molecule has 0 aliphatic carbocycles. The molecule has 0 aliphatic heterocycles. The van der Waals surface area contributed by atoms with E-state index in [2.05, 4.69) is 10.3 Å². The van der Waals surface area contributed by atoms with Crippen molar-refractivity contribution in [2.45, 2.75) is 26.8 Å². The van der Waals surface area contributed by atoms with Crippen molar-refractivity contribution >= 4 is 39.1 Å². The van der Waals surface area contributed by atoms with Gasteiger partial charge in [-0.3, -0.25) is 14.2 Å². The maximum Gasteiger partial charge on any atom is 0.338 e. The fraction of sp³-hybridized carbons (Fsp3) is 0.200. The van der Waals surface area contributed by atoms with Crippen LogP contribution in [0.1, 0.15) is 44.5 Å². The molecular formula is C25H23N3O4S. The number of amides is 1. The Morgan fingerprint density at radius 2 is 1.82 bits per heavy atom. The summed E-state index contributed by atoms with van der Waals surface area (Å²) < 4.78 is 6.64. The first-order valence-corrected chi connectivity index (χ1v) is 11.4. The van der Waals surface area contributed by atoms with Gasteiger partial charge in [0, 0.05) is 5.69 Å². The molecule has 7 nitrogen and oxygen atoms in total. The van der Waals surface area contributed by atoms with Gasteiger partial charge in [-0.25, -0.2) is 9.78 Å². The summed E-state index contributed by atoms with van der Waals surface area (Å²) in [5.41, 5.74) is 2.41. The highest BCUT2D eigenvalue weighted by Gasteiger charge is 2.20. The first kappa shape index (κ1) is 22.4. The smallest absolute Gasteiger partial charge is 0.338 e. The third-order valence-electron chi connectivity index (χ3n) is 5.14. The number of para-hydroxylation sites is 1. The van der Waals surface area contributed by atoms with E-state index in [4.69, 9.17) is 4.74 Å². The van der Waals surface area contributed by atoms with Crippen LogP contribution in [0.3, 0.4) is 0 Å². The molecule has 0 radical (unpaired) electrons. The molecule has 0 bridgehead atoms. The summed E-state index contributed by atoms with van der Waals surface area (Å²) in [5.74, 6) is -0.628. The molecule has 1 N–H and O–H groups in total. The van der Waals surface area contributed by atoms with Crippen LogP contribution in [-0.2, 0) is 11.3 Å². The van der Waals surface area contributed by atoms with Gasteiger partial charge in [-0.15, -0.1) is 11.3 Å². The van der Waals surface area contributed by atoms with Crippen molar-refractivity contribution in [1.82, 2.24) is 9.55 Å². The number of hydrogen-bond acceptors (Lipinski definition) is 6. The Morgan fingerprint density at radius 1 is 1.09 bits per heavy atom. The second-order valence-corrected chi connectivity index (χ2v) is 8.57. The van der Waals surface area contributed by atoms with Crippen molar-refractivity contribution in [3.8, 4) is 0 Å². The number of ether oxygens (including phenoxy) is 1. The van der Waals surface area contributed by atoms with Crippen LogP contribution in [0.25, 0.3) is 10.2 Å². The van der Waals surface area contributed by atoms with Crippen LogP contribution in [0.4, 0.5) is 5.69 Å². The highest BCUT2D eigenvalue weighted by atomic mass is 32.1. The SMILES string of the molecule is CCCOC(=O)c1ccc(Cn2cnc3sc(C(=O)Nc4ccccc4)c(C)c3c2=O)cc1. The zero-order valence-corrected chi connectivity index (χ0v) is 19.1. The fourth-order valence-electron chi connectivity index (χ4n) is 3.42. The molecular weight excluding hydrogens is 438 g/mol. The van der Waals surface area contributed by atoms with E-state index >= 15 is 0 Å². The quantitative estimate of drug-likeness (QED) is 0.405. The largest absolute Gasteiger partial charge is 0.462 e. The normalized spacial score (nSPS) is 10.8. The van der Waals surface area contributed by atoms with Gasteiger partial charge in [0.25, 0.3) is 11.5 Å². The molecule has 2 aromatic heterocycles. The van der Waals surface area contributed by atoms with Crippen LogP contribution < -0.4 is 10.9 Å². The molecule has 4 rings (SSSR count). The van der Waals surface area contributed by atoms with Gasteiger partial charge in [-0.1, -0.05) is 37.3 Å². The second kappa shape index (κ2) is 9.79. The van der Waals surface area contributed by atoms with E-state index in [1.165, 1.54) is 22.2 Å². The van der Waals surface area contributed by atoms with Crippen molar-refractivity contribution in [1.29, 1.82) is 0 Å². The molecule has 168 valence electrons. The lowest BCUT2D eigenvalue weighted by Gasteiger charge is -2.07. The number of aryl methyl sites for hydroxylation is 1. The molecule has 0 unspecified atom stereocenters. The number of anilines is 1. The minimum Gasteiger partial charge on any atom is -0.462 e. The number of carbonyl (C=O) groups excluding carboxylic acids is 2. The first-order valence-electron chi connectivity index (χ1n) is 10.6. The number of carbonyl (C=O) groups is 2. The molecule has 8 heteroatoms. The van der Waals surface area contributed by atoms with E-state index < -0.39 is 0 Å². The van der Waals surface area contributed by atoms with E-state index in [-0.39, 0.29) is 17.4 Å². The number of esters is 1. The Balaban J connectivity index is 1.57. The minimum absolute atomic E-state index is 0.209. The van der Waals surface area contributed by atoms with E-state index in [1.807, 2.05) is 25.1 Å². The van der Waals surface area contributed by atoms with Gasteiger partial charge < -0.3 is 10.1 Å². The number of benzene rings is 2. The summed E-state index contributed by atoms with van der Waals surface area (Å²) in [5, 5.41) is 3.30. The number of thiophene rings is 1. The zero-order chi connectivity index (χ0) is 23.4. The number of fused-ring (bicyclic) bond motifs is 1. The molecule has 4 aromatic rings. The molecule has 0 spiro atoms. The number of nitrogens with one attached hydrogen (secondary N) is 1. The molecule has 0 fully saturated rings. The summed E-state index contributed by atoms with van der Waals surface area (Å²) in [4.78, 5) is 43.3. The van der Waals surface area contributed by atoms with Gasteiger partial charge in [-0.2, -0.15) is 0 Å². The van der Waals surface area contributed by atoms with Crippen molar-refractivity contribution in [2.75, 3.05) is 11.9 Å². The lowest BCUT2D eigenvalue weighted by atomic mass is 10.1. The van der Waals surface area contributed by atoms with Crippen LogP contribution in [0, 0.1) is 6.92 Å². The summed E-state index contributed by atoms with van der Waals surface area (Å²) in [6, 6.07) is 16.1. The summed E-state index contributed by atoms with van der Waals surface area (Å²) in [7, 11) is 0. The Hall–Kier alpha value is -3.78. The van der Waals surface area contributed by atoms with E-state index in [1.54, 1.807) is 43.3 Å². The van der Waals surface area contributed by atoms with Crippen molar-refractivity contribution < 1.29 is 14.3 Å². The van der Waals surface area contributed by atoms with Gasteiger partial charge in [0.1, 0.15) is 4.83 Å². The number of aromatic nitrogens is 2. The van der Waals surface area contributed by atoms with Gasteiger partial charge in [0.15, 0.2) is 0 Å². The van der Waals surface area contributed by atoms with Crippen molar-refractivity contribution in [3.05, 3.63) is 92.8 Å². The predicted molar refractivity (Wildman–Crippen MR) is 129 cm³/mol. The Labute approximate surface area is 194 Å². The molecule has 33 heavy (non-hydrogen) atoms. The van der Waals surface area contributed by atoms with Crippen LogP contribution >= 0.6 is 11.3 Å². The monoisotopic (exact) mass is 461 g/mol. The third-order valence-corrected chi connectivity index (χ3v) is 6.33. The molecule has 0 saturated carbocycles. The number of nitrogens with zero attached hydrogens (tertiary/aromatic N) is 2. The highest BCUT2D eigenvalue weighted by Crippen LogP contribution is 2.27. The van der Waals surface area contributed by atoms with Gasteiger partial charge in [0.05, 0.1) is 35.3 Å². The van der Waals surface area contributed by atoms with Crippen molar-refractivity contribution in [2.24, 2.45) is 0 Å². The maximum absolute atomic E-state index is 13.2. The number of rotatable bonds is 7. The second-order valence-electron chi connectivity index (χ2n) is 7.57. The van der Waals surface area contributed by atoms with Crippen LogP contribution in [0.2, 0.25) is 0 Å². The molecule has 1 amide bonds. The molecule has 2 heterocycles. The van der Waals surface area contributed by atoms with Crippen LogP contribution in [0.15, 0.2) is 65.7 Å². The molecule has 0 aliphatic rings. The number of hydrogen-bond donors (Lipinski definition) is 1. The summed E-state index contributed by atoms with van der Waals surface area (Å²) in [6.07, 6.45) is 2.25. The third kappa shape index (κ3) is 4.85. The maximum atomic E-state index is 13.2. The lowest BCUT2D eigenvalue weighted by Crippen LogP contribution is -2.21. The standard InChI is InChI=1S/C25H23N3O4S/c1-3-13-32-25(31)18-11-9-17(10-12-18)14-28-15-26-23-20(24(28)30)16(2)21(33-23)22(29)27-19-7-5-4-6-8-19/h4-12,15H,3,13-14H2,1-2H3,(H,27,29). The topological polar surface area (TPSA) is 90.3 Å². The first-order chi connectivity index (χ1) is 16.0. The van der Waals surface area contributed by atoms with Gasteiger partial charge >= 0.3 is 5.97 Å². The van der Waals surface area contributed by atoms with E-state index in [9.17, 15) is 14.4 Å². The Kier molecular flexibility index (Phi) is 6.65. The minimum atomic E-state index is -0.362. The molecule has 0 atom stereocenters. The molecule has 0 saturated heterocycles. The van der Waals surface area contributed by atoms with Crippen molar-refractivity contribution in [3.63, 3.8) is 0 Å². The Bertz CT molecular complexity index is 1360. The summed E-state index contributed by atoms with van der Waals surface area (Å²) >= 11 is 1.20. The summed E-state index contributed by atoms with van der Waals surface area (Å²) in [6.45, 7) is 4.38. The van der Waals surface area contributed by atoms with Crippen LogP contribution in [-0.4, -0.2) is 28.0 Å². The van der Waals surface area contributed by atoms with E-state index in [0.717, 1.165) is 12.0 Å². The lowest BCUT2D eigenvalue weighted by molar-refractivity contribution is 0.0505. The predicted octanol–water partition coefficient (Wildman–Crippen LogP) is 4.63. The van der Waals surface area contributed by atoms with Gasteiger partial charge in [-0.05, 0) is 48.7 Å².